The Labute approximate surface area is 122 Å². The monoisotopic (exact) mass is 290 g/mol. The lowest BCUT2D eigenvalue weighted by Crippen LogP contribution is -2.42. The number of ether oxygens (including phenoxy) is 1. The number of H-pyrrole nitrogens is 1. The number of rotatable bonds is 2. The summed E-state index contributed by atoms with van der Waals surface area (Å²) in [4.78, 5) is 21.8. The second-order valence-electron chi connectivity index (χ2n) is 5.26. The molecule has 112 valence electrons. The zero-order valence-electron chi connectivity index (χ0n) is 12.3. The summed E-state index contributed by atoms with van der Waals surface area (Å²) in [6, 6.07) is 0. The zero-order chi connectivity index (χ0) is 15.0. The van der Waals surface area contributed by atoms with E-state index in [0.717, 1.165) is 11.5 Å². The molecular weight excluding hydrogens is 272 g/mol. The fraction of sp³-hybridized carbons (Fsp3) is 0.500. The molecule has 0 bridgehead atoms. The van der Waals surface area contributed by atoms with E-state index in [4.69, 9.17) is 9.26 Å². The molecule has 0 saturated carbocycles. The Balaban J connectivity index is 1.78. The van der Waals surface area contributed by atoms with Crippen LogP contribution in [-0.2, 0) is 4.74 Å². The maximum absolute atomic E-state index is 12.6. The zero-order valence-corrected chi connectivity index (χ0v) is 12.3. The van der Waals surface area contributed by atoms with E-state index in [1.54, 1.807) is 24.9 Å². The average molecular weight is 290 g/mol. The van der Waals surface area contributed by atoms with Gasteiger partial charge < -0.3 is 19.1 Å². The summed E-state index contributed by atoms with van der Waals surface area (Å²) in [5.74, 6) is 1.24. The summed E-state index contributed by atoms with van der Waals surface area (Å²) >= 11 is 0. The first-order valence-electron chi connectivity index (χ1n) is 6.91. The molecule has 2 aromatic rings. The van der Waals surface area contributed by atoms with E-state index in [0.29, 0.717) is 36.7 Å². The number of nitrogens with zero attached hydrogens (tertiary/aromatic N) is 3. The van der Waals surface area contributed by atoms with Crippen molar-refractivity contribution in [3.05, 3.63) is 34.7 Å². The summed E-state index contributed by atoms with van der Waals surface area (Å²) in [7, 11) is 0. The molecule has 7 nitrogen and oxygen atoms in total. The van der Waals surface area contributed by atoms with Gasteiger partial charge in [-0.3, -0.25) is 4.79 Å². The molecule has 0 aromatic carbocycles. The van der Waals surface area contributed by atoms with Crippen molar-refractivity contribution in [1.82, 2.24) is 20.0 Å². The lowest BCUT2D eigenvalue weighted by atomic mass is 10.1. The van der Waals surface area contributed by atoms with Crippen LogP contribution < -0.4 is 0 Å². The van der Waals surface area contributed by atoms with Gasteiger partial charge in [0.2, 0.25) is 0 Å². The first-order valence-corrected chi connectivity index (χ1v) is 6.91. The topological polar surface area (TPSA) is 84.2 Å². The summed E-state index contributed by atoms with van der Waals surface area (Å²) < 4.78 is 10.8. The second kappa shape index (κ2) is 5.33. The molecular formula is C14H18N4O3. The van der Waals surface area contributed by atoms with Gasteiger partial charge in [0.1, 0.15) is 23.3 Å². The van der Waals surface area contributed by atoms with Crippen molar-refractivity contribution in [1.29, 1.82) is 0 Å². The lowest BCUT2D eigenvalue weighted by Gasteiger charge is -2.32. The number of carbonyl (C=O) groups excluding carboxylic acids is 1. The number of aromatic amines is 1. The second-order valence-corrected chi connectivity index (χ2v) is 5.26. The van der Waals surface area contributed by atoms with Crippen LogP contribution in [0.1, 0.15) is 39.4 Å². The number of amides is 1. The van der Waals surface area contributed by atoms with E-state index < -0.39 is 0 Å². The number of carbonyl (C=O) groups is 1. The SMILES string of the molecule is Cc1cnc(C2CN(C(=O)c3c(C)noc3C)CCO2)[nH]1. The number of nitrogens with one attached hydrogen (secondary N) is 1. The number of imidazole rings is 1. The Hall–Kier alpha value is -2.15. The molecule has 3 rings (SSSR count). The van der Waals surface area contributed by atoms with Crippen LogP contribution >= 0.6 is 0 Å². The summed E-state index contributed by atoms with van der Waals surface area (Å²) in [5.41, 5.74) is 2.14. The van der Waals surface area contributed by atoms with E-state index in [9.17, 15) is 4.79 Å². The van der Waals surface area contributed by atoms with Crippen LogP contribution in [-0.4, -0.2) is 45.6 Å². The molecule has 1 saturated heterocycles. The molecule has 1 N–H and O–H groups in total. The number of hydrogen-bond donors (Lipinski definition) is 1. The molecule has 1 amide bonds. The fourth-order valence-corrected chi connectivity index (χ4v) is 2.54. The largest absolute Gasteiger partial charge is 0.367 e. The number of hydrogen-bond acceptors (Lipinski definition) is 5. The van der Waals surface area contributed by atoms with Gasteiger partial charge in [-0.1, -0.05) is 5.16 Å². The number of aromatic nitrogens is 3. The van der Waals surface area contributed by atoms with Gasteiger partial charge in [-0.2, -0.15) is 0 Å². The minimum absolute atomic E-state index is 0.0668. The van der Waals surface area contributed by atoms with Crippen molar-refractivity contribution in [2.45, 2.75) is 26.9 Å². The van der Waals surface area contributed by atoms with Crippen LogP contribution in [0.3, 0.4) is 0 Å². The molecule has 21 heavy (non-hydrogen) atoms. The van der Waals surface area contributed by atoms with Crippen LogP contribution in [0.5, 0.6) is 0 Å². The van der Waals surface area contributed by atoms with E-state index in [1.807, 2.05) is 6.92 Å². The van der Waals surface area contributed by atoms with Gasteiger partial charge in [-0.25, -0.2) is 4.98 Å². The normalized spacial score (nSPS) is 19.0. The van der Waals surface area contributed by atoms with E-state index in [-0.39, 0.29) is 12.0 Å². The van der Waals surface area contributed by atoms with Gasteiger partial charge in [-0.05, 0) is 20.8 Å². The standard InChI is InChI=1S/C14H18N4O3/c1-8-6-15-13(16-8)11-7-18(4-5-20-11)14(19)12-9(2)17-21-10(12)3/h6,11H,4-5,7H2,1-3H3,(H,15,16). The minimum Gasteiger partial charge on any atom is -0.367 e. The quantitative estimate of drug-likeness (QED) is 0.906. The van der Waals surface area contributed by atoms with E-state index in [1.165, 1.54) is 0 Å². The van der Waals surface area contributed by atoms with Crippen molar-refractivity contribution in [3.63, 3.8) is 0 Å². The van der Waals surface area contributed by atoms with Crippen LogP contribution in [0.4, 0.5) is 0 Å². The number of aryl methyl sites for hydroxylation is 3. The Morgan fingerprint density at radius 3 is 2.86 bits per heavy atom. The third-order valence-corrected chi connectivity index (χ3v) is 3.63. The summed E-state index contributed by atoms with van der Waals surface area (Å²) in [6.07, 6.45) is 1.53. The summed E-state index contributed by atoms with van der Waals surface area (Å²) in [5, 5.41) is 3.84. The molecule has 1 fully saturated rings. The molecule has 2 aromatic heterocycles. The van der Waals surface area contributed by atoms with Crippen molar-refractivity contribution in [3.8, 4) is 0 Å². The Kier molecular flexibility index (Phi) is 3.50. The highest BCUT2D eigenvalue weighted by atomic mass is 16.5. The van der Waals surface area contributed by atoms with Gasteiger partial charge in [0, 0.05) is 18.4 Å². The predicted octanol–water partition coefficient (Wildman–Crippen LogP) is 1.54. The van der Waals surface area contributed by atoms with Crippen molar-refractivity contribution < 1.29 is 14.1 Å². The lowest BCUT2D eigenvalue weighted by molar-refractivity contribution is -0.0265. The first-order chi connectivity index (χ1) is 10.1. The molecule has 0 radical (unpaired) electrons. The average Bonchev–Trinajstić information content (AvgIpc) is 3.05. The summed E-state index contributed by atoms with van der Waals surface area (Å²) in [6.45, 7) is 6.97. The Bertz CT molecular complexity index is 641. The van der Waals surface area contributed by atoms with Crippen molar-refractivity contribution >= 4 is 5.91 Å². The van der Waals surface area contributed by atoms with Gasteiger partial charge in [-0.15, -0.1) is 0 Å². The molecule has 1 unspecified atom stereocenters. The van der Waals surface area contributed by atoms with Crippen LogP contribution in [0, 0.1) is 20.8 Å². The third kappa shape index (κ3) is 2.56. The number of morpholine rings is 1. The molecule has 1 aliphatic heterocycles. The highest BCUT2D eigenvalue weighted by Crippen LogP contribution is 2.23. The minimum atomic E-state index is -0.225. The van der Waals surface area contributed by atoms with Crippen LogP contribution in [0.25, 0.3) is 0 Å². The first kappa shape index (κ1) is 13.8. The molecule has 1 aliphatic rings. The predicted molar refractivity (Wildman–Crippen MR) is 73.9 cm³/mol. The van der Waals surface area contributed by atoms with E-state index >= 15 is 0 Å². The van der Waals surface area contributed by atoms with Crippen molar-refractivity contribution in [2.24, 2.45) is 0 Å². The maximum Gasteiger partial charge on any atom is 0.259 e. The van der Waals surface area contributed by atoms with E-state index in [2.05, 4.69) is 15.1 Å². The van der Waals surface area contributed by atoms with Gasteiger partial charge >= 0.3 is 0 Å². The fourth-order valence-electron chi connectivity index (χ4n) is 2.54. The molecule has 0 aliphatic carbocycles. The maximum atomic E-state index is 12.6. The highest BCUT2D eigenvalue weighted by molar-refractivity contribution is 5.96. The molecule has 3 heterocycles. The Morgan fingerprint density at radius 2 is 2.24 bits per heavy atom. The third-order valence-electron chi connectivity index (χ3n) is 3.63. The Morgan fingerprint density at radius 1 is 1.43 bits per heavy atom. The van der Waals surface area contributed by atoms with Gasteiger partial charge in [0.15, 0.2) is 0 Å². The highest BCUT2D eigenvalue weighted by Gasteiger charge is 2.30. The van der Waals surface area contributed by atoms with Crippen molar-refractivity contribution in [2.75, 3.05) is 19.7 Å². The van der Waals surface area contributed by atoms with Crippen LogP contribution in [0.15, 0.2) is 10.7 Å². The molecule has 0 spiro atoms. The molecule has 1 atom stereocenters. The molecule has 7 heteroatoms. The van der Waals surface area contributed by atoms with Gasteiger partial charge in [0.25, 0.3) is 5.91 Å². The van der Waals surface area contributed by atoms with Gasteiger partial charge in [0.05, 0.1) is 18.8 Å². The van der Waals surface area contributed by atoms with Crippen LogP contribution in [0.2, 0.25) is 0 Å². The smallest absolute Gasteiger partial charge is 0.259 e.